The summed E-state index contributed by atoms with van der Waals surface area (Å²) in [6, 6.07) is 4.98. The van der Waals surface area contributed by atoms with Crippen LogP contribution in [0.3, 0.4) is 0 Å². The predicted octanol–water partition coefficient (Wildman–Crippen LogP) is 2.30. The molecule has 0 bridgehead atoms. The fourth-order valence-electron chi connectivity index (χ4n) is 1.98. The number of rotatable bonds is 6. The van der Waals surface area contributed by atoms with E-state index < -0.39 is 0 Å². The number of ether oxygens (including phenoxy) is 2. The fraction of sp³-hybridized carbons (Fsp3) is 0.500. The van der Waals surface area contributed by atoms with Crippen molar-refractivity contribution in [2.45, 2.75) is 12.8 Å². The normalized spacial score (nSPS) is 18.1. The fourth-order valence-corrected chi connectivity index (χ4v) is 2.21. The van der Waals surface area contributed by atoms with Crippen LogP contribution in [0.25, 0.3) is 0 Å². The number of amides is 1. The molecule has 1 aliphatic rings. The van der Waals surface area contributed by atoms with Crippen molar-refractivity contribution in [2.75, 3.05) is 37.5 Å². The predicted molar refractivity (Wildman–Crippen MR) is 78.9 cm³/mol. The van der Waals surface area contributed by atoms with Crippen LogP contribution in [0.4, 0.5) is 11.4 Å². The lowest BCUT2D eigenvalue weighted by atomic mass is 10.1. The van der Waals surface area contributed by atoms with Crippen molar-refractivity contribution in [3.8, 4) is 0 Å². The highest BCUT2D eigenvalue weighted by Gasteiger charge is 2.15. The molecule has 1 aliphatic heterocycles. The Kier molecular flexibility index (Phi) is 5.64. The van der Waals surface area contributed by atoms with E-state index in [0.29, 0.717) is 41.9 Å². The number of nitrogens with one attached hydrogen (secondary N) is 1. The van der Waals surface area contributed by atoms with E-state index in [9.17, 15) is 4.79 Å². The van der Waals surface area contributed by atoms with Gasteiger partial charge in [-0.25, -0.2) is 0 Å². The topological polar surface area (TPSA) is 73.6 Å². The number of halogens is 1. The third-order valence-corrected chi connectivity index (χ3v) is 3.43. The van der Waals surface area contributed by atoms with Gasteiger partial charge in [0.1, 0.15) is 0 Å². The summed E-state index contributed by atoms with van der Waals surface area (Å²) in [6.07, 6.45) is 1.33. The Labute approximate surface area is 123 Å². The van der Waals surface area contributed by atoms with E-state index in [1.165, 1.54) is 0 Å². The van der Waals surface area contributed by atoms with E-state index in [0.717, 1.165) is 19.6 Å². The molecule has 0 spiro atoms. The zero-order valence-electron chi connectivity index (χ0n) is 11.2. The molecule has 1 heterocycles. The van der Waals surface area contributed by atoms with Gasteiger partial charge in [0, 0.05) is 18.2 Å². The minimum absolute atomic E-state index is 0.126. The molecule has 1 aromatic rings. The van der Waals surface area contributed by atoms with Crippen LogP contribution in [0.5, 0.6) is 0 Å². The molecule has 5 nitrogen and oxygen atoms in total. The van der Waals surface area contributed by atoms with Gasteiger partial charge in [0.2, 0.25) is 5.91 Å². The van der Waals surface area contributed by atoms with Crippen LogP contribution in [0, 0.1) is 5.92 Å². The Morgan fingerprint density at radius 2 is 2.40 bits per heavy atom. The van der Waals surface area contributed by atoms with Gasteiger partial charge in [-0.15, -0.1) is 0 Å². The van der Waals surface area contributed by atoms with Crippen LogP contribution in [0.15, 0.2) is 18.2 Å². The number of carbonyl (C=O) groups excluding carboxylic acids is 1. The van der Waals surface area contributed by atoms with Gasteiger partial charge >= 0.3 is 0 Å². The molecule has 1 aromatic carbocycles. The maximum Gasteiger partial charge on any atom is 0.226 e. The summed E-state index contributed by atoms with van der Waals surface area (Å²) in [5.41, 5.74) is 6.72. The van der Waals surface area contributed by atoms with Crippen molar-refractivity contribution < 1.29 is 14.3 Å². The molecular formula is C14H19ClN2O3. The average molecular weight is 299 g/mol. The van der Waals surface area contributed by atoms with Crippen LogP contribution in [0.1, 0.15) is 12.8 Å². The van der Waals surface area contributed by atoms with Crippen molar-refractivity contribution in [1.29, 1.82) is 0 Å². The van der Waals surface area contributed by atoms with Gasteiger partial charge in [-0.05, 0) is 24.6 Å². The zero-order chi connectivity index (χ0) is 14.4. The first-order valence-corrected chi connectivity index (χ1v) is 7.03. The van der Waals surface area contributed by atoms with E-state index in [1.54, 1.807) is 18.2 Å². The van der Waals surface area contributed by atoms with E-state index in [1.807, 2.05) is 0 Å². The molecule has 110 valence electrons. The maximum atomic E-state index is 11.7. The van der Waals surface area contributed by atoms with Crippen LogP contribution in [-0.4, -0.2) is 32.3 Å². The van der Waals surface area contributed by atoms with Crippen LogP contribution in [-0.2, 0) is 14.3 Å². The molecule has 1 amide bonds. The van der Waals surface area contributed by atoms with E-state index in [4.69, 9.17) is 26.8 Å². The summed E-state index contributed by atoms with van der Waals surface area (Å²) < 4.78 is 10.7. The Bertz CT molecular complexity index is 462. The number of carbonyl (C=O) groups is 1. The van der Waals surface area contributed by atoms with Gasteiger partial charge in [-0.2, -0.15) is 0 Å². The molecule has 0 saturated carbocycles. The summed E-state index contributed by atoms with van der Waals surface area (Å²) in [5, 5.41) is 3.17. The molecule has 1 unspecified atom stereocenters. The van der Waals surface area contributed by atoms with E-state index in [-0.39, 0.29) is 5.91 Å². The second kappa shape index (κ2) is 7.47. The van der Waals surface area contributed by atoms with Crippen molar-refractivity contribution in [3.63, 3.8) is 0 Å². The third kappa shape index (κ3) is 4.67. The quantitative estimate of drug-likeness (QED) is 0.624. The van der Waals surface area contributed by atoms with Gasteiger partial charge in [-0.1, -0.05) is 11.6 Å². The van der Waals surface area contributed by atoms with E-state index >= 15 is 0 Å². The summed E-state index contributed by atoms with van der Waals surface area (Å²) in [4.78, 5) is 11.7. The van der Waals surface area contributed by atoms with Gasteiger partial charge in [0.15, 0.2) is 0 Å². The van der Waals surface area contributed by atoms with Crippen molar-refractivity contribution in [1.82, 2.24) is 0 Å². The van der Waals surface area contributed by atoms with Crippen LogP contribution >= 0.6 is 11.6 Å². The molecule has 0 radical (unpaired) electrons. The van der Waals surface area contributed by atoms with Crippen molar-refractivity contribution in [3.05, 3.63) is 23.2 Å². The third-order valence-electron chi connectivity index (χ3n) is 3.12. The lowest BCUT2D eigenvalue weighted by Gasteiger charge is -2.10. The highest BCUT2D eigenvalue weighted by Crippen LogP contribution is 2.24. The molecule has 3 N–H and O–H groups in total. The first kappa shape index (κ1) is 15.1. The lowest BCUT2D eigenvalue weighted by Crippen LogP contribution is -2.16. The molecule has 1 atom stereocenters. The summed E-state index contributed by atoms with van der Waals surface area (Å²) >= 11 is 5.98. The molecule has 20 heavy (non-hydrogen) atoms. The molecule has 1 fully saturated rings. The average Bonchev–Trinajstić information content (AvgIpc) is 2.91. The van der Waals surface area contributed by atoms with Crippen LogP contribution < -0.4 is 11.1 Å². The monoisotopic (exact) mass is 298 g/mol. The second-order valence-corrected chi connectivity index (χ2v) is 5.25. The Hall–Kier alpha value is -1.30. The Morgan fingerprint density at radius 3 is 3.10 bits per heavy atom. The molecule has 0 aromatic heterocycles. The number of benzene rings is 1. The zero-order valence-corrected chi connectivity index (χ0v) is 12.0. The molecule has 1 saturated heterocycles. The molecule has 0 aliphatic carbocycles. The van der Waals surface area contributed by atoms with Gasteiger partial charge in [0.05, 0.1) is 37.0 Å². The van der Waals surface area contributed by atoms with Crippen LogP contribution in [0.2, 0.25) is 5.02 Å². The molecular weight excluding hydrogens is 280 g/mol. The number of nitrogens with two attached hydrogens (primary N) is 1. The first-order chi connectivity index (χ1) is 9.65. The summed E-state index contributed by atoms with van der Waals surface area (Å²) in [7, 11) is 0. The first-order valence-electron chi connectivity index (χ1n) is 6.65. The Balaban J connectivity index is 1.67. The van der Waals surface area contributed by atoms with Gasteiger partial charge in [0.25, 0.3) is 0 Å². The molecule has 2 rings (SSSR count). The number of hydrogen-bond donors (Lipinski definition) is 2. The molecule has 6 heteroatoms. The second-order valence-electron chi connectivity index (χ2n) is 4.84. The highest BCUT2D eigenvalue weighted by molar-refractivity contribution is 6.34. The number of nitrogen functional groups attached to an aromatic ring is 1. The smallest absolute Gasteiger partial charge is 0.226 e. The Morgan fingerprint density at radius 1 is 1.55 bits per heavy atom. The maximum absolute atomic E-state index is 11.7. The number of anilines is 2. The summed E-state index contributed by atoms with van der Waals surface area (Å²) in [6.45, 7) is 2.61. The lowest BCUT2D eigenvalue weighted by molar-refractivity contribution is -0.117. The number of hydrogen-bond acceptors (Lipinski definition) is 4. The standard InChI is InChI=1S/C14H19ClN2O3/c15-12-7-11(16)1-2-13(12)17-14(18)4-6-20-9-10-3-5-19-8-10/h1-2,7,10H,3-6,8-9,16H2,(H,17,18). The minimum Gasteiger partial charge on any atom is -0.399 e. The van der Waals surface area contributed by atoms with Crippen molar-refractivity contribution >= 4 is 28.9 Å². The summed E-state index contributed by atoms with van der Waals surface area (Å²) in [5.74, 6) is 0.337. The SMILES string of the molecule is Nc1ccc(NC(=O)CCOCC2CCOC2)c(Cl)c1. The highest BCUT2D eigenvalue weighted by atomic mass is 35.5. The largest absolute Gasteiger partial charge is 0.399 e. The minimum atomic E-state index is -0.126. The van der Waals surface area contributed by atoms with Gasteiger partial charge < -0.3 is 20.5 Å². The van der Waals surface area contributed by atoms with Gasteiger partial charge in [-0.3, -0.25) is 4.79 Å². The van der Waals surface area contributed by atoms with E-state index in [2.05, 4.69) is 5.32 Å². The van der Waals surface area contributed by atoms with Crippen molar-refractivity contribution in [2.24, 2.45) is 5.92 Å².